The molecular formula is C19H15Cl2F3N2O2S2. The number of amides is 1. The van der Waals surface area contributed by atoms with Gasteiger partial charge in [-0.15, -0.1) is 11.8 Å². The molecule has 0 saturated heterocycles. The number of allylic oxidation sites excluding steroid dienone is 1. The van der Waals surface area contributed by atoms with E-state index in [4.69, 9.17) is 22.3 Å². The van der Waals surface area contributed by atoms with E-state index in [0.717, 1.165) is 12.1 Å². The number of aliphatic hydroxyl groups excluding tert-OH is 1. The summed E-state index contributed by atoms with van der Waals surface area (Å²) in [6, 6.07) is 4.86. The predicted octanol–water partition coefficient (Wildman–Crippen LogP) is 5.82. The molecule has 0 aromatic heterocycles. The van der Waals surface area contributed by atoms with Crippen molar-refractivity contribution in [1.82, 2.24) is 4.90 Å². The lowest BCUT2D eigenvalue weighted by Gasteiger charge is -2.21. The standard InChI is InChI=1S/C19H15Cl2F3N2O2S2/c1-26(7-11-3-2-4-13(5-11)19(22,23)24)17(27)16-9-29-8-15(25-16)12-6-14(20)18(28)30(21)10-12/h2-6,8,10,28H,7,9H2,1H3. The van der Waals surface area contributed by atoms with Gasteiger partial charge in [0.15, 0.2) is 0 Å². The molecule has 0 fully saturated rings. The minimum Gasteiger partial charge on any atom is -0.353 e. The van der Waals surface area contributed by atoms with Gasteiger partial charge < -0.3 is 10.0 Å². The molecule has 1 aromatic rings. The second kappa shape index (κ2) is 9.32. The molecule has 0 saturated carbocycles. The van der Waals surface area contributed by atoms with Gasteiger partial charge in [0.25, 0.3) is 5.91 Å². The van der Waals surface area contributed by atoms with Crippen LogP contribution in [0.15, 0.2) is 62.5 Å². The van der Waals surface area contributed by atoms with Crippen molar-refractivity contribution in [3.05, 3.63) is 68.6 Å². The van der Waals surface area contributed by atoms with Crippen molar-refractivity contribution in [2.45, 2.75) is 12.7 Å². The molecule has 0 bridgehead atoms. The number of carbonyl (C=O) groups excluding carboxylic acids is 1. The van der Waals surface area contributed by atoms with E-state index in [1.807, 2.05) is 0 Å². The lowest BCUT2D eigenvalue weighted by molar-refractivity contribution is -0.137. The Labute approximate surface area is 187 Å². The monoisotopic (exact) mass is 494 g/mol. The number of carbonyl (C=O) groups is 1. The first-order chi connectivity index (χ1) is 14.1. The van der Waals surface area contributed by atoms with Gasteiger partial charge in [0.2, 0.25) is 0 Å². The van der Waals surface area contributed by atoms with Crippen molar-refractivity contribution in [3.8, 4) is 0 Å². The number of rotatable bonds is 4. The van der Waals surface area contributed by atoms with Gasteiger partial charge in [0.1, 0.15) is 10.8 Å². The summed E-state index contributed by atoms with van der Waals surface area (Å²) in [6.07, 6.45) is -2.93. The first kappa shape index (κ1) is 23.1. The second-order valence-electron chi connectivity index (χ2n) is 6.39. The largest absolute Gasteiger partial charge is 0.416 e. The number of aliphatic imine (C=N–C) groups is 1. The van der Waals surface area contributed by atoms with Gasteiger partial charge in [-0.05, 0) is 55.0 Å². The molecule has 0 aliphatic carbocycles. The molecule has 30 heavy (non-hydrogen) atoms. The molecule has 2 aliphatic heterocycles. The minimum absolute atomic E-state index is 0.00782. The van der Waals surface area contributed by atoms with E-state index >= 15 is 0 Å². The highest BCUT2D eigenvalue weighted by atomic mass is 35.7. The minimum atomic E-state index is -4.45. The molecule has 0 radical (unpaired) electrons. The molecule has 1 aromatic carbocycles. The van der Waals surface area contributed by atoms with Crippen LogP contribution in [-0.4, -0.2) is 39.5 Å². The van der Waals surface area contributed by atoms with Gasteiger partial charge in [-0.1, -0.05) is 23.7 Å². The third-order valence-electron chi connectivity index (χ3n) is 4.14. The highest BCUT2D eigenvalue weighted by Gasteiger charge is 2.30. The average molecular weight is 495 g/mol. The summed E-state index contributed by atoms with van der Waals surface area (Å²) in [5, 5.41) is 13.1. The van der Waals surface area contributed by atoms with Crippen LogP contribution in [0.1, 0.15) is 11.1 Å². The Morgan fingerprint density at radius 2 is 2.13 bits per heavy atom. The molecule has 11 heteroatoms. The highest BCUT2D eigenvalue weighted by Crippen LogP contribution is 2.37. The maximum Gasteiger partial charge on any atom is 0.416 e. The fraction of sp³-hybridized carbons (Fsp3) is 0.211. The summed E-state index contributed by atoms with van der Waals surface area (Å²) in [5.74, 6) is -0.0690. The van der Waals surface area contributed by atoms with Crippen molar-refractivity contribution in [2.75, 3.05) is 12.8 Å². The Balaban J connectivity index is 1.77. The lowest BCUT2D eigenvalue weighted by Crippen LogP contribution is -2.34. The second-order valence-corrected chi connectivity index (χ2v) is 9.84. The van der Waals surface area contributed by atoms with Crippen LogP contribution < -0.4 is 0 Å². The first-order valence-electron chi connectivity index (χ1n) is 8.42. The van der Waals surface area contributed by atoms with Crippen molar-refractivity contribution in [3.63, 3.8) is 0 Å². The maximum atomic E-state index is 12.9. The number of thioether (sulfide) groups is 1. The summed E-state index contributed by atoms with van der Waals surface area (Å²) in [4.78, 5) is 18.5. The van der Waals surface area contributed by atoms with Crippen LogP contribution in [0.2, 0.25) is 0 Å². The Morgan fingerprint density at radius 1 is 1.40 bits per heavy atom. The number of hydrogen-bond acceptors (Lipinski definition) is 3. The molecule has 2 aliphatic rings. The van der Waals surface area contributed by atoms with E-state index in [0.29, 0.717) is 22.6 Å². The Hall–Kier alpha value is -1.52. The third kappa shape index (κ3) is 5.39. The summed E-state index contributed by atoms with van der Waals surface area (Å²) in [6.45, 7) is 0.00782. The molecule has 2 heterocycles. The fourth-order valence-corrected chi connectivity index (χ4v) is 5.25. The zero-order chi connectivity index (χ0) is 22.1. The summed E-state index contributed by atoms with van der Waals surface area (Å²) < 4.78 is 38.7. The lowest BCUT2D eigenvalue weighted by atomic mass is 10.1. The predicted molar refractivity (Wildman–Crippen MR) is 119 cm³/mol. The zero-order valence-corrected chi connectivity index (χ0v) is 18.6. The van der Waals surface area contributed by atoms with E-state index in [9.17, 15) is 23.1 Å². The van der Waals surface area contributed by atoms with E-state index < -0.39 is 27.3 Å². The molecule has 160 valence electrons. The van der Waals surface area contributed by atoms with Crippen LogP contribution in [0.3, 0.4) is 0 Å². The van der Waals surface area contributed by atoms with Crippen LogP contribution >= 0.6 is 43.7 Å². The van der Waals surface area contributed by atoms with Gasteiger partial charge in [0.05, 0.1) is 16.3 Å². The highest BCUT2D eigenvalue weighted by molar-refractivity contribution is 8.37. The number of nitrogens with zero attached hydrogens (tertiary/aromatic N) is 2. The van der Waals surface area contributed by atoms with Gasteiger partial charge >= 0.3 is 6.18 Å². The van der Waals surface area contributed by atoms with Crippen LogP contribution in [0.25, 0.3) is 0 Å². The average Bonchev–Trinajstić information content (AvgIpc) is 2.70. The van der Waals surface area contributed by atoms with Gasteiger partial charge in [-0.3, -0.25) is 4.79 Å². The summed E-state index contributed by atoms with van der Waals surface area (Å²) in [5.41, 5.74) is 0.911. The van der Waals surface area contributed by atoms with Crippen molar-refractivity contribution in [1.29, 1.82) is 0 Å². The van der Waals surface area contributed by atoms with Crippen LogP contribution in [0.5, 0.6) is 0 Å². The quantitative estimate of drug-likeness (QED) is 0.536. The Kier molecular flexibility index (Phi) is 7.19. The number of aliphatic hydroxyl groups is 1. The Bertz CT molecular complexity index is 1050. The number of hydrogen-bond donors (Lipinski definition) is 1. The van der Waals surface area contributed by atoms with E-state index in [1.54, 1.807) is 10.8 Å². The van der Waals surface area contributed by atoms with Crippen molar-refractivity contribution >= 4 is 60.4 Å². The van der Waals surface area contributed by atoms with Crippen LogP contribution in [-0.2, 0) is 17.5 Å². The molecule has 3 rings (SSSR count). The SMILES string of the molecule is CN(Cc1cccc(C(F)(F)F)c1)C(=O)C1=NC(C2=CS(Cl)=C(O)C(Cl)=C2)=CSC1. The van der Waals surface area contributed by atoms with Gasteiger partial charge in [-0.2, -0.15) is 13.2 Å². The van der Waals surface area contributed by atoms with Gasteiger partial charge in [0, 0.05) is 24.9 Å². The maximum absolute atomic E-state index is 12.9. The molecule has 0 spiro atoms. The van der Waals surface area contributed by atoms with Crippen LogP contribution in [0, 0.1) is 0 Å². The number of halogens is 5. The summed E-state index contributed by atoms with van der Waals surface area (Å²) >= 11 is 7.33. The number of alkyl halides is 3. The first-order valence-corrected chi connectivity index (χ1v) is 12.0. The van der Waals surface area contributed by atoms with Crippen molar-refractivity contribution in [2.24, 2.45) is 4.99 Å². The van der Waals surface area contributed by atoms with Crippen LogP contribution in [0.4, 0.5) is 13.2 Å². The smallest absolute Gasteiger partial charge is 0.353 e. The third-order valence-corrected chi connectivity index (χ3v) is 7.12. The molecule has 1 N–H and O–H groups in total. The van der Waals surface area contributed by atoms with E-state index in [1.165, 1.54) is 41.9 Å². The van der Waals surface area contributed by atoms with E-state index in [2.05, 4.69) is 4.99 Å². The summed E-state index contributed by atoms with van der Waals surface area (Å²) in [7, 11) is 6.48. The van der Waals surface area contributed by atoms with Crippen molar-refractivity contribution < 1.29 is 23.1 Å². The van der Waals surface area contributed by atoms with Gasteiger partial charge in [-0.25, -0.2) is 4.99 Å². The topological polar surface area (TPSA) is 52.9 Å². The fourth-order valence-electron chi connectivity index (χ4n) is 2.68. The normalized spacial score (nSPS) is 19.6. The zero-order valence-electron chi connectivity index (χ0n) is 15.4. The molecule has 4 nitrogen and oxygen atoms in total. The Morgan fingerprint density at radius 3 is 2.80 bits per heavy atom. The number of benzene rings is 1. The molecule has 1 atom stereocenters. The molecule has 1 amide bonds. The molecule has 1 unspecified atom stereocenters. The van der Waals surface area contributed by atoms with E-state index in [-0.39, 0.29) is 22.3 Å². The molecular weight excluding hydrogens is 480 g/mol.